The molecule has 72 valence electrons. The average molecular weight is 183 g/mol. The second-order valence-electron chi connectivity index (χ2n) is 3.19. The van der Waals surface area contributed by atoms with Gasteiger partial charge in [-0.15, -0.1) is 0 Å². The normalized spacial score (nSPS) is 29.1. The maximum Gasteiger partial charge on any atom is 0.246 e. The lowest BCUT2D eigenvalue weighted by Crippen LogP contribution is -2.40. The molecule has 0 aliphatic carbocycles. The van der Waals surface area contributed by atoms with Crippen LogP contribution in [0.5, 0.6) is 0 Å². The Balaban J connectivity index is 2.14. The molecule has 13 heavy (non-hydrogen) atoms. The molecule has 1 saturated heterocycles. The number of hydrogen-bond acceptors (Lipinski definition) is 5. The number of nitrogens with zero attached hydrogens (tertiary/aromatic N) is 2. The maximum absolute atomic E-state index is 5.46. The highest BCUT2D eigenvalue weighted by molar-refractivity contribution is 4.95. The quantitative estimate of drug-likeness (QED) is 0.684. The number of morpholine rings is 1. The second kappa shape index (κ2) is 3.43. The van der Waals surface area contributed by atoms with Crippen LogP contribution in [0.1, 0.15) is 24.7 Å². The number of rotatable bonds is 1. The highest BCUT2D eigenvalue weighted by Gasteiger charge is 2.27. The minimum Gasteiger partial charge on any atom is -0.375 e. The Hall–Kier alpha value is -0.940. The fraction of sp³-hybridized carbons (Fsp3) is 0.750. The van der Waals surface area contributed by atoms with Crippen molar-refractivity contribution in [1.29, 1.82) is 0 Å². The second-order valence-corrected chi connectivity index (χ2v) is 3.19. The van der Waals surface area contributed by atoms with E-state index in [-0.39, 0.29) is 12.1 Å². The van der Waals surface area contributed by atoms with Crippen LogP contribution in [0.3, 0.4) is 0 Å². The van der Waals surface area contributed by atoms with Crippen molar-refractivity contribution >= 4 is 0 Å². The van der Waals surface area contributed by atoms with Gasteiger partial charge < -0.3 is 14.6 Å². The van der Waals surface area contributed by atoms with Crippen molar-refractivity contribution in [1.82, 2.24) is 15.5 Å². The molecule has 1 aromatic heterocycles. The molecule has 1 fully saturated rings. The Morgan fingerprint density at radius 3 is 3.00 bits per heavy atom. The molecule has 0 amide bonds. The Kier molecular flexibility index (Phi) is 2.28. The first-order valence-corrected chi connectivity index (χ1v) is 4.42. The molecule has 0 unspecified atom stereocenters. The van der Waals surface area contributed by atoms with Gasteiger partial charge in [-0.2, -0.15) is 4.98 Å². The number of ether oxygens (including phenoxy) is 1. The zero-order valence-corrected chi connectivity index (χ0v) is 7.78. The van der Waals surface area contributed by atoms with Crippen molar-refractivity contribution in [2.45, 2.75) is 26.0 Å². The summed E-state index contributed by atoms with van der Waals surface area (Å²) in [6.07, 6.45) is 0.0913. The molecule has 0 radical (unpaired) electrons. The van der Waals surface area contributed by atoms with Crippen LogP contribution >= 0.6 is 0 Å². The topological polar surface area (TPSA) is 60.2 Å². The van der Waals surface area contributed by atoms with E-state index in [1.54, 1.807) is 6.92 Å². The summed E-state index contributed by atoms with van der Waals surface area (Å²) in [5.41, 5.74) is 0. The highest BCUT2D eigenvalue weighted by Crippen LogP contribution is 2.19. The van der Waals surface area contributed by atoms with E-state index in [1.807, 2.05) is 6.92 Å². The molecule has 0 saturated carbocycles. The summed E-state index contributed by atoms with van der Waals surface area (Å²) in [7, 11) is 0. The van der Waals surface area contributed by atoms with Crippen LogP contribution in [-0.4, -0.2) is 29.4 Å². The molecular weight excluding hydrogens is 170 g/mol. The summed E-state index contributed by atoms with van der Waals surface area (Å²) in [5, 5.41) is 7.02. The van der Waals surface area contributed by atoms with E-state index >= 15 is 0 Å². The summed E-state index contributed by atoms with van der Waals surface area (Å²) >= 11 is 0. The molecule has 2 rings (SSSR count). The number of nitrogens with one attached hydrogen (secondary N) is 1. The summed E-state index contributed by atoms with van der Waals surface area (Å²) in [6, 6.07) is 0.0370. The molecule has 0 aromatic carbocycles. The average Bonchev–Trinajstić information content (AvgIpc) is 2.53. The van der Waals surface area contributed by atoms with Gasteiger partial charge in [0.1, 0.15) is 6.04 Å². The van der Waals surface area contributed by atoms with Gasteiger partial charge in [0.15, 0.2) is 5.82 Å². The van der Waals surface area contributed by atoms with Crippen LogP contribution in [-0.2, 0) is 4.74 Å². The van der Waals surface area contributed by atoms with Crippen LogP contribution < -0.4 is 5.32 Å². The molecule has 0 bridgehead atoms. The highest BCUT2D eigenvalue weighted by atomic mass is 16.5. The lowest BCUT2D eigenvalue weighted by atomic mass is 10.1. The minimum absolute atomic E-state index is 0.0370. The van der Waals surface area contributed by atoms with Crippen molar-refractivity contribution < 1.29 is 9.26 Å². The van der Waals surface area contributed by atoms with Crippen LogP contribution in [0.25, 0.3) is 0 Å². The first-order chi connectivity index (χ1) is 6.27. The predicted octanol–water partition coefficient (Wildman–Crippen LogP) is 0.427. The van der Waals surface area contributed by atoms with Gasteiger partial charge in [0.25, 0.3) is 0 Å². The smallest absolute Gasteiger partial charge is 0.246 e. The molecular formula is C8H13N3O2. The Bertz CT molecular complexity index is 287. The van der Waals surface area contributed by atoms with Crippen LogP contribution in [0.2, 0.25) is 0 Å². The van der Waals surface area contributed by atoms with Gasteiger partial charge in [-0.25, -0.2) is 0 Å². The summed E-state index contributed by atoms with van der Waals surface area (Å²) in [5.74, 6) is 1.28. The van der Waals surface area contributed by atoms with Gasteiger partial charge in [-0.1, -0.05) is 5.16 Å². The molecule has 1 N–H and O–H groups in total. The van der Waals surface area contributed by atoms with Gasteiger partial charge in [0.05, 0.1) is 12.7 Å². The summed E-state index contributed by atoms with van der Waals surface area (Å²) in [4.78, 5) is 4.16. The molecule has 2 heterocycles. The van der Waals surface area contributed by atoms with Crippen LogP contribution in [0, 0.1) is 6.92 Å². The maximum atomic E-state index is 5.46. The third-order valence-corrected chi connectivity index (χ3v) is 2.13. The van der Waals surface area contributed by atoms with E-state index in [0.717, 1.165) is 13.2 Å². The lowest BCUT2D eigenvalue weighted by Gasteiger charge is -2.27. The van der Waals surface area contributed by atoms with Crippen molar-refractivity contribution in [2.24, 2.45) is 0 Å². The molecule has 0 spiro atoms. The lowest BCUT2D eigenvalue weighted by molar-refractivity contribution is -0.00136. The van der Waals surface area contributed by atoms with Crippen molar-refractivity contribution in [3.8, 4) is 0 Å². The molecule has 1 aliphatic rings. The van der Waals surface area contributed by atoms with E-state index in [9.17, 15) is 0 Å². The zero-order chi connectivity index (χ0) is 9.26. The number of aryl methyl sites for hydroxylation is 1. The third kappa shape index (κ3) is 1.71. The molecule has 5 heteroatoms. The Labute approximate surface area is 76.5 Å². The first kappa shape index (κ1) is 8.65. The van der Waals surface area contributed by atoms with Crippen molar-refractivity contribution in [3.63, 3.8) is 0 Å². The Morgan fingerprint density at radius 1 is 1.54 bits per heavy atom. The first-order valence-electron chi connectivity index (χ1n) is 4.42. The zero-order valence-electron chi connectivity index (χ0n) is 7.78. The van der Waals surface area contributed by atoms with Gasteiger partial charge in [-0.3, -0.25) is 0 Å². The molecule has 2 atom stereocenters. The van der Waals surface area contributed by atoms with Gasteiger partial charge >= 0.3 is 0 Å². The number of hydrogen-bond donors (Lipinski definition) is 1. The third-order valence-electron chi connectivity index (χ3n) is 2.13. The SMILES string of the molecule is Cc1noc([C@H]2NCCO[C@H]2C)n1. The number of aromatic nitrogens is 2. The Morgan fingerprint density at radius 2 is 2.38 bits per heavy atom. The molecule has 1 aliphatic heterocycles. The standard InChI is InChI=1S/C8H13N3O2/c1-5-7(9-3-4-12-5)8-10-6(2)11-13-8/h5,7,9H,3-4H2,1-2H3/t5-,7-/m0/s1. The summed E-state index contributed by atoms with van der Waals surface area (Å²) < 4.78 is 10.5. The fourth-order valence-corrected chi connectivity index (χ4v) is 1.45. The minimum atomic E-state index is 0.0370. The van der Waals surface area contributed by atoms with Crippen molar-refractivity contribution in [3.05, 3.63) is 11.7 Å². The molecule has 5 nitrogen and oxygen atoms in total. The predicted molar refractivity (Wildman–Crippen MR) is 45.2 cm³/mol. The monoisotopic (exact) mass is 183 g/mol. The van der Waals surface area contributed by atoms with E-state index in [2.05, 4.69) is 15.5 Å². The van der Waals surface area contributed by atoms with Gasteiger partial charge in [0, 0.05) is 6.54 Å². The van der Waals surface area contributed by atoms with Gasteiger partial charge in [-0.05, 0) is 13.8 Å². The van der Waals surface area contributed by atoms with E-state index in [0.29, 0.717) is 11.7 Å². The van der Waals surface area contributed by atoms with Gasteiger partial charge in [0.2, 0.25) is 5.89 Å². The van der Waals surface area contributed by atoms with Crippen LogP contribution in [0.15, 0.2) is 4.52 Å². The van der Waals surface area contributed by atoms with E-state index in [1.165, 1.54) is 0 Å². The van der Waals surface area contributed by atoms with Crippen LogP contribution in [0.4, 0.5) is 0 Å². The largest absolute Gasteiger partial charge is 0.375 e. The summed E-state index contributed by atoms with van der Waals surface area (Å²) in [6.45, 7) is 5.37. The van der Waals surface area contributed by atoms with E-state index in [4.69, 9.17) is 9.26 Å². The fourth-order valence-electron chi connectivity index (χ4n) is 1.45. The van der Waals surface area contributed by atoms with Crippen molar-refractivity contribution in [2.75, 3.05) is 13.2 Å². The van der Waals surface area contributed by atoms with E-state index < -0.39 is 0 Å². The molecule has 1 aromatic rings.